The monoisotopic (exact) mass is 373 g/mol. The molecule has 3 rings (SSSR count). The predicted octanol–water partition coefficient (Wildman–Crippen LogP) is 3.22. The number of carbonyl (C=O) groups is 1. The number of hydrogen-bond donors (Lipinski definition) is 0. The first kappa shape index (κ1) is 19.2. The molecule has 0 spiro atoms. The van der Waals surface area contributed by atoms with Crippen LogP contribution in [0, 0.1) is 5.82 Å². The highest BCUT2D eigenvalue weighted by Crippen LogP contribution is 2.35. The number of amides is 1. The number of carbonyl (C=O) groups excluding carboxylic acids is 1. The van der Waals surface area contributed by atoms with Crippen molar-refractivity contribution in [3.05, 3.63) is 59.4 Å². The summed E-state index contributed by atoms with van der Waals surface area (Å²) in [5.74, 6) is 0.770. The molecule has 0 N–H and O–H groups in total. The van der Waals surface area contributed by atoms with Crippen LogP contribution < -0.4 is 9.47 Å². The second-order valence-electron chi connectivity index (χ2n) is 6.42. The molecule has 1 atom stereocenters. The quantitative estimate of drug-likeness (QED) is 0.780. The van der Waals surface area contributed by atoms with Crippen molar-refractivity contribution in [1.29, 1.82) is 0 Å². The maximum absolute atomic E-state index is 13.4. The summed E-state index contributed by atoms with van der Waals surface area (Å²) >= 11 is 0. The number of ether oxygens (including phenoxy) is 3. The second-order valence-corrected chi connectivity index (χ2v) is 6.42. The number of morpholine rings is 1. The van der Waals surface area contributed by atoms with Gasteiger partial charge in [-0.1, -0.05) is 18.2 Å². The lowest BCUT2D eigenvalue weighted by Gasteiger charge is -2.29. The van der Waals surface area contributed by atoms with Gasteiger partial charge in [0.05, 0.1) is 27.4 Å². The molecule has 0 aromatic heterocycles. The van der Waals surface area contributed by atoms with Crippen molar-refractivity contribution >= 4 is 5.91 Å². The number of nitrogens with zero attached hydrogens (tertiary/aromatic N) is 1. The van der Waals surface area contributed by atoms with Crippen LogP contribution in [0.15, 0.2) is 42.5 Å². The zero-order valence-corrected chi connectivity index (χ0v) is 15.6. The number of benzene rings is 2. The summed E-state index contributed by atoms with van der Waals surface area (Å²) in [6.07, 6.45) is 0.293. The van der Waals surface area contributed by atoms with E-state index in [1.165, 1.54) is 12.1 Å². The smallest absolute Gasteiger partial charge is 0.223 e. The normalized spacial score (nSPS) is 15.3. The van der Waals surface area contributed by atoms with Crippen molar-refractivity contribution in [2.45, 2.75) is 12.3 Å². The lowest BCUT2D eigenvalue weighted by molar-refractivity contribution is -0.135. The Bertz CT molecular complexity index is 772. The van der Waals surface area contributed by atoms with Crippen LogP contribution in [-0.2, 0) is 9.53 Å². The van der Waals surface area contributed by atoms with E-state index in [1.54, 1.807) is 26.4 Å². The fourth-order valence-corrected chi connectivity index (χ4v) is 3.31. The molecule has 0 aliphatic carbocycles. The third kappa shape index (κ3) is 4.57. The first-order valence-corrected chi connectivity index (χ1v) is 8.95. The van der Waals surface area contributed by atoms with Gasteiger partial charge in [-0.3, -0.25) is 4.79 Å². The Balaban J connectivity index is 1.92. The van der Waals surface area contributed by atoms with E-state index in [2.05, 4.69) is 0 Å². The Morgan fingerprint density at radius 2 is 1.67 bits per heavy atom. The summed E-state index contributed by atoms with van der Waals surface area (Å²) in [5.41, 5.74) is 1.80. The summed E-state index contributed by atoms with van der Waals surface area (Å²) in [6.45, 7) is 2.31. The van der Waals surface area contributed by atoms with E-state index in [1.807, 2.05) is 23.1 Å². The first-order chi connectivity index (χ1) is 13.1. The van der Waals surface area contributed by atoms with Gasteiger partial charge in [-0.2, -0.15) is 0 Å². The minimum Gasteiger partial charge on any atom is -0.493 e. The molecule has 2 aromatic rings. The van der Waals surface area contributed by atoms with Gasteiger partial charge in [0.15, 0.2) is 11.5 Å². The summed E-state index contributed by atoms with van der Waals surface area (Å²) in [4.78, 5) is 14.7. The van der Waals surface area contributed by atoms with Gasteiger partial charge < -0.3 is 19.1 Å². The molecular weight excluding hydrogens is 349 g/mol. The standard InChI is InChI=1S/C21H24FNO4/c1-25-19-8-5-16(13-20(19)26-2)18(15-3-6-17(22)7-4-15)14-21(24)23-9-11-27-12-10-23/h3-8,13,18H,9-12,14H2,1-2H3. The molecule has 1 aliphatic heterocycles. The van der Waals surface area contributed by atoms with Crippen LogP contribution in [0.25, 0.3) is 0 Å². The van der Waals surface area contributed by atoms with E-state index in [0.29, 0.717) is 44.2 Å². The van der Waals surface area contributed by atoms with Crippen molar-refractivity contribution in [2.24, 2.45) is 0 Å². The Hall–Kier alpha value is -2.60. The minimum atomic E-state index is -0.302. The van der Waals surface area contributed by atoms with Crippen LogP contribution in [0.5, 0.6) is 11.5 Å². The largest absolute Gasteiger partial charge is 0.493 e. The molecule has 6 heteroatoms. The van der Waals surface area contributed by atoms with Crippen molar-refractivity contribution < 1.29 is 23.4 Å². The van der Waals surface area contributed by atoms with Gasteiger partial charge in [0.25, 0.3) is 0 Å². The predicted molar refractivity (Wildman–Crippen MR) is 99.8 cm³/mol. The maximum atomic E-state index is 13.4. The van der Waals surface area contributed by atoms with E-state index in [-0.39, 0.29) is 17.6 Å². The maximum Gasteiger partial charge on any atom is 0.223 e. The number of halogens is 1. The summed E-state index contributed by atoms with van der Waals surface area (Å²) in [6, 6.07) is 11.9. The van der Waals surface area contributed by atoms with E-state index >= 15 is 0 Å². The minimum absolute atomic E-state index is 0.0578. The van der Waals surface area contributed by atoms with Crippen molar-refractivity contribution in [3.63, 3.8) is 0 Å². The highest BCUT2D eigenvalue weighted by molar-refractivity contribution is 5.78. The topological polar surface area (TPSA) is 48.0 Å². The Morgan fingerprint density at radius 1 is 1.04 bits per heavy atom. The van der Waals surface area contributed by atoms with E-state index < -0.39 is 0 Å². The highest BCUT2D eigenvalue weighted by Gasteiger charge is 2.24. The summed E-state index contributed by atoms with van der Waals surface area (Å²) in [7, 11) is 3.16. The van der Waals surface area contributed by atoms with Gasteiger partial charge in [0.2, 0.25) is 5.91 Å². The molecule has 1 amide bonds. The third-order valence-electron chi connectivity index (χ3n) is 4.82. The summed E-state index contributed by atoms with van der Waals surface area (Å²) in [5, 5.41) is 0. The Morgan fingerprint density at radius 3 is 2.30 bits per heavy atom. The molecule has 1 aliphatic rings. The molecule has 5 nitrogen and oxygen atoms in total. The summed E-state index contributed by atoms with van der Waals surface area (Å²) < 4.78 is 29.4. The van der Waals surface area contributed by atoms with Gasteiger partial charge in [-0.25, -0.2) is 4.39 Å². The molecule has 1 fully saturated rings. The van der Waals surface area contributed by atoms with Gasteiger partial charge in [0.1, 0.15) is 5.82 Å². The first-order valence-electron chi connectivity index (χ1n) is 8.95. The Labute approximate surface area is 158 Å². The van der Waals surface area contributed by atoms with Crippen LogP contribution in [0.2, 0.25) is 0 Å². The van der Waals surface area contributed by atoms with Gasteiger partial charge in [-0.05, 0) is 35.4 Å². The molecule has 0 bridgehead atoms. The van der Waals surface area contributed by atoms with Crippen LogP contribution in [0.3, 0.4) is 0 Å². The van der Waals surface area contributed by atoms with Crippen molar-refractivity contribution in [1.82, 2.24) is 4.90 Å². The van der Waals surface area contributed by atoms with Gasteiger partial charge in [-0.15, -0.1) is 0 Å². The van der Waals surface area contributed by atoms with Gasteiger partial charge in [0, 0.05) is 25.4 Å². The van der Waals surface area contributed by atoms with E-state index in [9.17, 15) is 9.18 Å². The molecule has 144 valence electrons. The van der Waals surface area contributed by atoms with Gasteiger partial charge >= 0.3 is 0 Å². The zero-order valence-electron chi connectivity index (χ0n) is 15.6. The molecule has 1 heterocycles. The van der Waals surface area contributed by atoms with Crippen LogP contribution in [0.4, 0.5) is 4.39 Å². The Kier molecular flexibility index (Phi) is 6.29. The molecule has 0 saturated carbocycles. The van der Waals surface area contributed by atoms with E-state index in [0.717, 1.165) is 11.1 Å². The molecular formula is C21H24FNO4. The fourth-order valence-electron chi connectivity index (χ4n) is 3.31. The fraction of sp³-hybridized carbons (Fsp3) is 0.381. The van der Waals surface area contributed by atoms with Crippen LogP contribution in [-0.4, -0.2) is 51.3 Å². The zero-order chi connectivity index (χ0) is 19.2. The average molecular weight is 373 g/mol. The van der Waals surface area contributed by atoms with Crippen LogP contribution in [0.1, 0.15) is 23.5 Å². The number of methoxy groups -OCH3 is 2. The lowest BCUT2D eigenvalue weighted by atomic mass is 9.87. The lowest BCUT2D eigenvalue weighted by Crippen LogP contribution is -2.41. The molecule has 1 saturated heterocycles. The van der Waals surface area contributed by atoms with Crippen molar-refractivity contribution in [2.75, 3.05) is 40.5 Å². The average Bonchev–Trinajstić information content (AvgIpc) is 2.72. The van der Waals surface area contributed by atoms with Crippen molar-refractivity contribution in [3.8, 4) is 11.5 Å². The number of rotatable bonds is 6. The third-order valence-corrected chi connectivity index (χ3v) is 4.82. The molecule has 0 radical (unpaired) electrons. The number of hydrogen-bond acceptors (Lipinski definition) is 4. The van der Waals surface area contributed by atoms with E-state index in [4.69, 9.17) is 14.2 Å². The SMILES string of the molecule is COc1ccc(C(CC(=O)N2CCOCC2)c2ccc(F)cc2)cc1OC. The molecule has 1 unspecified atom stereocenters. The molecule has 27 heavy (non-hydrogen) atoms. The molecule has 2 aromatic carbocycles. The second kappa shape index (κ2) is 8.86. The van der Waals surface area contributed by atoms with Crippen LogP contribution >= 0.6 is 0 Å². The highest BCUT2D eigenvalue weighted by atomic mass is 19.1.